The van der Waals surface area contributed by atoms with Crippen molar-refractivity contribution in [3.8, 4) is 0 Å². The fraction of sp³-hybridized carbons (Fsp3) is 0.450. The number of fused-ring (bicyclic) bond motifs is 2. The zero-order valence-corrected chi connectivity index (χ0v) is 15.0. The van der Waals surface area contributed by atoms with Crippen LogP contribution in [0, 0.1) is 11.8 Å². The summed E-state index contributed by atoms with van der Waals surface area (Å²) in [6.45, 7) is 3.43. The van der Waals surface area contributed by atoms with Gasteiger partial charge < -0.3 is 9.88 Å². The number of nitrogens with zero attached hydrogens (tertiary/aromatic N) is 5. The van der Waals surface area contributed by atoms with Gasteiger partial charge in [0.2, 0.25) is 0 Å². The largest absolute Gasteiger partial charge is 0.356 e. The van der Waals surface area contributed by atoms with E-state index in [4.69, 9.17) is 0 Å². The molecule has 2 unspecified atom stereocenters. The number of rotatable bonds is 4. The second-order valence-corrected chi connectivity index (χ2v) is 7.75. The lowest BCUT2D eigenvalue weighted by molar-refractivity contribution is 0.298. The molecule has 26 heavy (non-hydrogen) atoms. The molecule has 6 heteroatoms. The predicted octanol–water partition coefficient (Wildman–Crippen LogP) is 2.70. The van der Waals surface area contributed by atoms with Crippen LogP contribution in [0.1, 0.15) is 18.4 Å². The van der Waals surface area contributed by atoms with E-state index >= 15 is 0 Å². The molecule has 5 rings (SSSR count). The Morgan fingerprint density at radius 2 is 2.04 bits per heavy atom. The minimum atomic E-state index is 0.568. The summed E-state index contributed by atoms with van der Waals surface area (Å²) in [6.07, 6.45) is 9.94. The maximum absolute atomic E-state index is 4.57. The smallest absolute Gasteiger partial charge is 0.142 e. The highest BCUT2D eigenvalue weighted by atomic mass is 15.2. The highest BCUT2D eigenvalue weighted by molar-refractivity contribution is 5.87. The lowest BCUT2D eigenvalue weighted by Gasteiger charge is -2.28. The van der Waals surface area contributed by atoms with Crippen LogP contribution in [-0.2, 0) is 6.54 Å². The van der Waals surface area contributed by atoms with Gasteiger partial charge in [0.05, 0.1) is 5.39 Å². The van der Waals surface area contributed by atoms with Crippen LogP contribution in [0.2, 0.25) is 0 Å². The van der Waals surface area contributed by atoms with Gasteiger partial charge in [-0.1, -0.05) is 6.07 Å². The Bertz CT molecular complexity index is 877. The number of likely N-dealkylation sites (tertiary alicyclic amines) is 1. The standard InChI is InChI=1S/C20H24N6/c1-25(20-18-4-6-22-19(18)23-13-24-20)17-7-15-11-26(12-16(15)8-17)10-14-3-2-5-21-9-14/h2-6,9,13,15-17H,7-8,10-12H2,1H3,(H,22,23,24)/t15-,16?,17?/m1/s1. The summed E-state index contributed by atoms with van der Waals surface area (Å²) < 4.78 is 0. The lowest BCUT2D eigenvalue weighted by Crippen LogP contribution is -2.32. The molecule has 4 heterocycles. The normalized spacial score (nSPS) is 25.7. The number of hydrogen-bond acceptors (Lipinski definition) is 5. The Hall–Kier alpha value is -2.47. The van der Waals surface area contributed by atoms with Crippen LogP contribution in [0.4, 0.5) is 5.82 Å². The third-order valence-corrected chi connectivity index (χ3v) is 6.15. The molecular formula is C20H24N6. The summed E-state index contributed by atoms with van der Waals surface area (Å²) in [5, 5.41) is 1.12. The number of H-pyrrole nitrogens is 1. The van der Waals surface area contributed by atoms with Crippen molar-refractivity contribution >= 4 is 16.9 Å². The van der Waals surface area contributed by atoms with E-state index in [1.807, 2.05) is 24.7 Å². The van der Waals surface area contributed by atoms with Gasteiger partial charge in [0.1, 0.15) is 17.8 Å². The van der Waals surface area contributed by atoms with E-state index in [2.05, 4.69) is 48.9 Å². The predicted molar refractivity (Wildman–Crippen MR) is 102 cm³/mol. The van der Waals surface area contributed by atoms with Crippen molar-refractivity contribution in [1.82, 2.24) is 24.8 Å². The summed E-state index contributed by atoms with van der Waals surface area (Å²) in [5.74, 6) is 2.64. The molecule has 2 fully saturated rings. The zero-order valence-electron chi connectivity index (χ0n) is 15.0. The van der Waals surface area contributed by atoms with Crippen molar-refractivity contribution in [3.05, 3.63) is 48.7 Å². The number of aromatic amines is 1. The van der Waals surface area contributed by atoms with Gasteiger partial charge in [0, 0.05) is 51.3 Å². The van der Waals surface area contributed by atoms with Crippen molar-refractivity contribution in [2.75, 3.05) is 25.0 Å². The second-order valence-electron chi connectivity index (χ2n) is 7.75. The average molecular weight is 348 g/mol. The molecule has 0 radical (unpaired) electrons. The Kier molecular flexibility index (Phi) is 3.85. The van der Waals surface area contributed by atoms with Crippen molar-refractivity contribution in [2.45, 2.75) is 25.4 Å². The van der Waals surface area contributed by atoms with Crippen LogP contribution in [0.3, 0.4) is 0 Å². The first-order valence-electron chi connectivity index (χ1n) is 9.40. The number of anilines is 1. The maximum Gasteiger partial charge on any atom is 0.142 e. The van der Waals surface area contributed by atoms with E-state index in [0.717, 1.165) is 35.2 Å². The minimum Gasteiger partial charge on any atom is -0.356 e. The van der Waals surface area contributed by atoms with Crippen molar-refractivity contribution in [1.29, 1.82) is 0 Å². The van der Waals surface area contributed by atoms with Crippen molar-refractivity contribution in [3.63, 3.8) is 0 Å². The zero-order chi connectivity index (χ0) is 17.5. The highest BCUT2D eigenvalue weighted by Gasteiger charge is 2.42. The van der Waals surface area contributed by atoms with Gasteiger partial charge in [-0.05, 0) is 42.4 Å². The molecule has 1 aliphatic carbocycles. The summed E-state index contributed by atoms with van der Waals surface area (Å²) in [7, 11) is 2.19. The number of nitrogens with one attached hydrogen (secondary N) is 1. The summed E-state index contributed by atoms with van der Waals surface area (Å²) >= 11 is 0. The molecular weight excluding hydrogens is 324 g/mol. The highest BCUT2D eigenvalue weighted by Crippen LogP contribution is 2.41. The van der Waals surface area contributed by atoms with Crippen LogP contribution in [0.15, 0.2) is 43.1 Å². The van der Waals surface area contributed by atoms with Gasteiger partial charge >= 0.3 is 0 Å². The molecule has 3 aromatic rings. The van der Waals surface area contributed by atoms with Crippen LogP contribution in [0.25, 0.3) is 11.0 Å². The monoisotopic (exact) mass is 348 g/mol. The Morgan fingerprint density at radius 1 is 1.19 bits per heavy atom. The van der Waals surface area contributed by atoms with Crippen molar-refractivity contribution in [2.24, 2.45) is 11.8 Å². The first-order chi connectivity index (χ1) is 12.8. The third-order valence-electron chi connectivity index (χ3n) is 6.15. The minimum absolute atomic E-state index is 0.568. The van der Waals surface area contributed by atoms with Gasteiger partial charge in [-0.3, -0.25) is 9.88 Å². The van der Waals surface area contributed by atoms with Crippen LogP contribution in [-0.4, -0.2) is 51.0 Å². The first kappa shape index (κ1) is 15.8. The molecule has 3 aromatic heterocycles. The van der Waals surface area contributed by atoms with E-state index in [1.54, 1.807) is 6.33 Å². The molecule has 0 amide bonds. The summed E-state index contributed by atoms with van der Waals surface area (Å²) in [6, 6.07) is 6.85. The lowest BCUT2D eigenvalue weighted by atomic mass is 10.0. The quantitative estimate of drug-likeness (QED) is 0.785. The number of pyridine rings is 1. The summed E-state index contributed by atoms with van der Waals surface area (Å²) in [4.78, 5) is 21.3. The number of hydrogen-bond donors (Lipinski definition) is 1. The first-order valence-corrected chi connectivity index (χ1v) is 9.40. The second kappa shape index (κ2) is 6.36. The molecule has 0 spiro atoms. The molecule has 1 saturated heterocycles. The van der Waals surface area contributed by atoms with E-state index in [-0.39, 0.29) is 0 Å². The fourth-order valence-corrected chi connectivity index (χ4v) is 4.87. The van der Waals surface area contributed by atoms with E-state index in [1.165, 1.54) is 31.5 Å². The number of aromatic nitrogens is 4. The van der Waals surface area contributed by atoms with Crippen LogP contribution in [0.5, 0.6) is 0 Å². The molecule has 1 saturated carbocycles. The average Bonchev–Trinajstić information content (AvgIpc) is 3.35. The Morgan fingerprint density at radius 3 is 2.81 bits per heavy atom. The molecule has 134 valence electrons. The van der Waals surface area contributed by atoms with E-state index in [0.29, 0.717) is 6.04 Å². The van der Waals surface area contributed by atoms with Gasteiger partial charge in [0.15, 0.2) is 0 Å². The maximum atomic E-state index is 4.57. The fourth-order valence-electron chi connectivity index (χ4n) is 4.87. The topological polar surface area (TPSA) is 60.9 Å². The van der Waals surface area contributed by atoms with Gasteiger partial charge in [-0.2, -0.15) is 0 Å². The van der Waals surface area contributed by atoms with Gasteiger partial charge in [-0.15, -0.1) is 0 Å². The van der Waals surface area contributed by atoms with E-state index in [9.17, 15) is 0 Å². The molecule has 0 bridgehead atoms. The SMILES string of the molecule is CN(c1ncnc2[nH]ccc12)C1CC2CN(Cc3cccnc3)C[C@H]2C1. The Balaban J connectivity index is 1.26. The van der Waals surface area contributed by atoms with Crippen molar-refractivity contribution < 1.29 is 0 Å². The van der Waals surface area contributed by atoms with Gasteiger partial charge in [0.25, 0.3) is 0 Å². The molecule has 1 N–H and O–H groups in total. The van der Waals surface area contributed by atoms with Crippen LogP contribution >= 0.6 is 0 Å². The van der Waals surface area contributed by atoms with Gasteiger partial charge in [-0.25, -0.2) is 9.97 Å². The Labute approximate surface area is 153 Å². The molecule has 0 aromatic carbocycles. The molecule has 3 atom stereocenters. The van der Waals surface area contributed by atoms with Crippen LogP contribution < -0.4 is 4.90 Å². The third kappa shape index (κ3) is 2.74. The molecule has 6 nitrogen and oxygen atoms in total. The molecule has 2 aliphatic rings. The van der Waals surface area contributed by atoms with E-state index < -0.39 is 0 Å². The molecule has 1 aliphatic heterocycles. The summed E-state index contributed by atoms with van der Waals surface area (Å²) in [5.41, 5.74) is 2.24.